The molecule has 2 aliphatic heterocycles. The number of hydrogen-bond acceptors (Lipinski definition) is 8. The Hall–Kier alpha value is -3.50. The molecule has 35 heavy (non-hydrogen) atoms. The second-order valence-electron chi connectivity index (χ2n) is 8.82. The van der Waals surface area contributed by atoms with Gasteiger partial charge in [0, 0.05) is 44.2 Å². The molecule has 9 nitrogen and oxygen atoms in total. The summed E-state index contributed by atoms with van der Waals surface area (Å²) in [5.41, 5.74) is 4.76. The molecule has 0 aliphatic carbocycles. The molecule has 1 N–H and O–H groups in total. The summed E-state index contributed by atoms with van der Waals surface area (Å²) in [7, 11) is -1.73. The molecule has 0 bridgehead atoms. The average Bonchev–Trinajstić information content (AvgIpc) is 3.13. The first-order valence-electron chi connectivity index (χ1n) is 11.4. The van der Waals surface area contributed by atoms with Crippen LogP contribution in [0.5, 0.6) is 0 Å². The number of benzene rings is 1. The molecule has 0 spiro atoms. The van der Waals surface area contributed by atoms with E-state index in [1.54, 1.807) is 36.2 Å². The number of aromatic nitrogens is 2. The van der Waals surface area contributed by atoms with Crippen molar-refractivity contribution in [3.8, 4) is 0 Å². The Morgan fingerprint density at radius 2 is 1.83 bits per heavy atom. The first-order chi connectivity index (χ1) is 16.8. The lowest BCUT2D eigenvalue weighted by molar-refractivity contribution is 0.0817. The first kappa shape index (κ1) is 23.3. The van der Waals surface area contributed by atoms with Gasteiger partial charge in [-0.15, -0.1) is 0 Å². The Kier molecular flexibility index (Phi) is 6.16. The largest absolute Gasteiger partial charge is 0.378 e. The van der Waals surface area contributed by atoms with Gasteiger partial charge in [-0.1, -0.05) is 12.1 Å². The van der Waals surface area contributed by atoms with Gasteiger partial charge in [-0.05, 0) is 30.3 Å². The third-order valence-corrected chi connectivity index (χ3v) is 7.35. The van der Waals surface area contributed by atoms with Crippen molar-refractivity contribution < 1.29 is 17.9 Å². The summed E-state index contributed by atoms with van der Waals surface area (Å²) < 4.78 is 30.0. The molecule has 2 aromatic heterocycles. The number of rotatable bonds is 6. The molecule has 0 saturated carbocycles. The molecular formula is C25H27N5O4S. The van der Waals surface area contributed by atoms with Crippen LogP contribution in [0.2, 0.25) is 0 Å². The van der Waals surface area contributed by atoms with Crippen molar-refractivity contribution in [1.29, 1.82) is 0 Å². The summed E-state index contributed by atoms with van der Waals surface area (Å²) in [4.78, 5) is 26.2. The van der Waals surface area contributed by atoms with Crippen molar-refractivity contribution in [3.05, 3.63) is 71.3 Å². The maximum absolute atomic E-state index is 12.8. The van der Waals surface area contributed by atoms with Crippen LogP contribution in [0.25, 0.3) is 0 Å². The number of para-hydroxylation sites is 1. The average molecular weight is 494 g/mol. The Balaban J connectivity index is 1.46. The fraction of sp³-hybridized carbons (Fsp3) is 0.320. The van der Waals surface area contributed by atoms with E-state index in [0.29, 0.717) is 48.8 Å². The third kappa shape index (κ3) is 4.85. The van der Waals surface area contributed by atoms with Crippen molar-refractivity contribution in [1.82, 2.24) is 14.9 Å². The van der Waals surface area contributed by atoms with Gasteiger partial charge in [-0.25, -0.2) is 8.42 Å². The quantitative estimate of drug-likeness (QED) is 0.559. The zero-order valence-electron chi connectivity index (χ0n) is 19.7. The molecule has 1 saturated heterocycles. The van der Waals surface area contributed by atoms with Crippen LogP contribution in [0.4, 0.5) is 17.1 Å². The highest BCUT2D eigenvalue weighted by Gasteiger charge is 2.30. The molecule has 1 aromatic carbocycles. The number of fused-ring (bicyclic) bond motifs is 1. The molecule has 182 valence electrons. The van der Waals surface area contributed by atoms with Crippen molar-refractivity contribution in [2.45, 2.75) is 17.9 Å². The number of amides is 1. The van der Waals surface area contributed by atoms with Gasteiger partial charge in [0.2, 0.25) is 0 Å². The number of ether oxygens (including phenoxy) is 1. The standard InChI is InChI=1S/C25H27N5O4S/c1-29-16-22-24(25(29)31)21(28-20-5-3-4-6-23(20)35(2,32)33)14-18(27-22)13-17-7-8-19(15-26-17)30-9-11-34-12-10-30/h3-8,14-15H,9-13,16H2,1-2H3,(H,27,28). The molecule has 3 aromatic rings. The zero-order valence-corrected chi connectivity index (χ0v) is 20.5. The lowest BCUT2D eigenvalue weighted by atomic mass is 10.1. The molecule has 5 rings (SSSR count). The Labute approximate surface area is 204 Å². The molecule has 1 fully saturated rings. The van der Waals surface area contributed by atoms with E-state index in [0.717, 1.165) is 30.2 Å². The number of carbonyl (C=O) groups is 1. The summed E-state index contributed by atoms with van der Waals surface area (Å²) in [6, 6.07) is 12.5. The number of hydrogen-bond donors (Lipinski definition) is 1. The highest BCUT2D eigenvalue weighted by Crippen LogP contribution is 2.33. The normalized spacial score (nSPS) is 15.9. The Morgan fingerprint density at radius 1 is 1.06 bits per heavy atom. The monoisotopic (exact) mass is 493 g/mol. The lowest BCUT2D eigenvalue weighted by Crippen LogP contribution is -2.36. The summed E-state index contributed by atoms with van der Waals surface area (Å²) in [6.07, 6.45) is 3.52. The van der Waals surface area contributed by atoms with E-state index in [2.05, 4.69) is 21.3 Å². The zero-order chi connectivity index (χ0) is 24.6. The predicted molar refractivity (Wildman–Crippen MR) is 133 cm³/mol. The smallest absolute Gasteiger partial charge is 0.257 e. The van der Waals surface area contributed by atoms with Crippen molar-refractivity contribution >= 4 is 32.8 Å². The SMILES string of the molecule is CN1Cc2nc(Cc3ccc(N4CCOCC4)cn3)cc(Nc3ccccc3S(C)(=O)=O)c2C1=O. The van der Waals surface area contributed by atoms with Crippen LogP contribution in [-0.4, -0.2) is 68.8 Å². The minimum Gasteiger partial charge on any atom is -0.378 e. The van der Waals surface area contributed by atoms with Crippen molar-refractivity contribution in [3.63, 3.8) is 0 Å². The number of pyridine rings is 2. The van der Waals surface area contributed by atoms with E-state index in [1.165, 1.54) is 6.26 Å². The highest BCUT2D eigenvalue weighted by atomic mass is 32.2. The van der Waals surface area contributed by atoms with Gasteiger partial charge in [-0.3, -0.25) is 14.8 Å². The van der Waals surface area contributed by atoms with Gasteiger partial charge in [-0.2, -0.15) is 0 Å². The van der Waals surface area contributed by atoms with Gasteiger partial charge in [0.05, 0.1) is 59.2 Å². The summed E-state index contributed by atoms with van der Waals surface area (Å²) in [5, 5.41) is 3.20. The number of nitrogens with zero attached hydrogens (tertiary/aromatic N) is 4. The topological polar surface area (TPSA) is 105 Å². The molecule has 10 heteroatoms. The predicted octanol–water partition coefficient (Wildman–Crippen LogP) is 2.64. The molecule has 0 radical (unpaired) electrons. The van der Waals surface area contributed by atoms with Crippen LogP contribution in [0.1, 0.15) is 27.4 Å². The lowest BCUT2D eigenvalue weighted by Gasteiger charge is -2.28. The molecule has 0 atom stereocenters. The maximum atomic E-state index is 12.8. The fourth-order valence-corrected chi connectivity index (χ4v) is 5.28. The number of morpholine rings is 1. The minimum absolute atomic E-state index is 0.147. The van der Waals surface area contributed by atoms with Crippen LogP contribution in [0.3, 0.4) is 0 Å². The summed E-state index contributed by atoms with van der Waals surface area (Å²) in [6.45, 7) is 3.52. The second-order valence-corrected chi connectivity index (χ2v) is 10.8. The van der Waals surface area contributed by atoms with Gasteiger partial charge in [0.25, 0.3) is 5.91 Å². The van der Waals surface area contributed by atoms with E-state index in [9.17, 15) is 13.2 Å². The molecular weight excluding hydrogens is 466 g/mol. The van der Waals surface area contributed by atoms with Gasteiger partial charge < -0.3 is 19.9 Å². The van der Waals surface area contributed by atoms with E-state index in [-0.39, 0.29) is 10.8 Å². The van der Waals surface area contributed by atoms with Crippen LogP contribution >= 0.6 is 0 Å². The Morgan fingerprint density at radius 3 is 2.54 bits per heavy atom. The summed E-state index contributed by atoms with van der Waals surface area (Å²) in [5.74, 6) is -0.147. The van der Waals surface area contributed by atoms with Crippen LogP contribution in [0.15, 0.2) is 53.6 Å². The van der Waals surface area contributed by atoms with E-state index >= 15 is 0 Å². The maximum Gasteiger partial charge on any atom is 0.257 e. The van der Waals surface area contributed by atoms with Crippen LogP contribution in [-0.2, 0) is 27.5 Å². The third-order valence-electron chi connectivity index (χ3n) is 6.20. The second kappa shape index (κ2) is 9.27. The minimum atomic E-state index is -3.46. The van der Waals surface area contributed by atoms with Crippen LogP contribution in [0, 0.1) is 0 Å². The van der Waals surface area contributed by atoms with E-state index in [4.69, 9.17) is 9.72 Å². The number of nitrogens with one attached hydrogen (secondary N) is 1. The summed E-state index contributed by atoms with van der Waals surface area (Å²) >= 11 is 0. The fourth-order valence-electron chi connectivity index (χ4n) is 4.44. The number of sulfone groups is 1. The van der Waals surface area contributed by atoms with Crippen molar-refractivity contribution in [2.75, 3.05) is 49.8 Å². The number of anilines is 3. The first-order valence-corrected chi connectivity index (χ1v) is 13.3. The highest BCUT2D eigenvalue weighted by molar-refractivity contribution is 7.90. The van der Waals surface area contributed by atoms with E-state index in [1.807, 2.05) is 18.3 Å². The molecule has 0 unspecified atom stereocenters. The van der Waals surface area contributed by atoms with E-state index < -0.39 is 9.84 Å². The van der Waals surface area contributed by atoms with Gasteiger partial charge in [0.1, 0.15) is 0 Å². The van der Waals surface area contributed by atoms with Gasteiger partial charge >= 0.3 is 0 Å². The van der Waals surface area contributed by atoms with Crippen molar-refractivity contribution in [2.24, 2.45) is 0 Å². The number of carbonyl (C=O) groups excluding carboxylic acids is 1. The molecule has 4 heterocycles. The Bertz CT molecular complexity index is 1370. The molecule has 1 amide bonds. The van der Waals surface area contributed by atoms with Gasteiger partial charge in [0.15, 0.2) is 9.84 Å². The molecule has 2 aliphatic rings. The van der Waals surface area contributed by atoms with Crippen LogP contribution < -0.4 is 10.2 Å².